The van der Waals surface area contributed by atoms with Gasteiger partial charge in [-0.25, -0.2) is 9.97 Å². The quantitative estimate of drug-likeness (QED) is 0.348. The summed E-state index contributed by atoms with van der Waals surface area (Å²) in [7, 11) is 0. The molecule has 3 aliphatic rings. The molecular formula is C20H10N2O2S5. The SMILES string of the molecule is O=C1c2nc(-c3cccs3)sc2C2SC3c4sc(-c5cccs5)nc4C(=O)C3C12. The normalized spacial score (nSPS) is 26.6. The standard InChI is InChI=1S/C20H10N2O2S5/c23-13-9-10-14(24)12-18(29-20(22-12)8-4-2-6-26-8)16(10)27-15(9)17-11(13)21-19(28-17)7-3-1-5-25-7/h1-6,9-10,15-16H. The van der Waals surface area contributed by atoms with Gasteiger partial charge in [0.05, 0.1) is 32.1 Å². The highest BCUT2D eigenvalue weighted by Crippen LogP contribution is 2.68. The smallest absolute Gasteiger partial charge is 0.187 e. The highest BCUT2D eigenvalue weighted by atomic mass is 32.2. The summed E-state index contributed by atoms with van der Waals surface area (Å²) in [5.74, 6) is -0.470. The number of thiazole rings is 2. The Morgan fingerprint density at radius 3 is 1.62 bits per heavy atom. The van der Waals surface area contributed by atoms with Crippen molar-refractivity contribution in [3.8, 4) is 19.8 Å². The van der Waals surface area contributed by atoms with Crippen molar-refractivity contribution in [1.82, 2.24) is 9.97 Å². The third-order valence-corrected chi connectivity index (χ3v) is 12.0. The van der Waals surface area contributed by atoms with Crippen LogP contribution in [0.15, 0.2) is 35.0 Å². The molecule has 2 aliphatic carbocycles. The Labute approximate surface area is 185 Å². The van der Waals surface area contributed by atoms with Crippen LogP contribution in [-0.4, -0.2) is 21.5 Å². The van der Waals surface area contributed by atoms with Crippen molar-refractivity contribution < 1.29 is 9.59 Å². The van der Waals surface area contributed by atoms with Crippen LogP contribution in [0.1, 0.15) is 41.2 Å². The average Bonchev–Trinajstić information content (AvgIpc) is 3.54. The van der Waals surface area contributed by atoms with E-state index >= 15 is 0 Å². The highest BCUT2D eigenvalue weighted by Gasteiger charge is 2.62. The molecule has 7 rings (SSSR count). The average molecular weight is 471 g/mol. The van der Waals surface area contributed by atoms with Gasteiger partial charge >= 0.3 is 0 Å². The first-order valence-electron chi connectivity index (χ1n) is 9.04. The molecule has 0 radical (unpaired) electrons. The number of hydrogen-bond acceptors (Lipinski definition) is 9. The third kappa shape index (κ3) is 2.20. The summed E-state index contributed by atoms with van der Waals surface area (Å²) in [6.07, 6.45) is 0. The van der Waals surface area contributed by atoms with E-state index in [0.717, 1.165) is 29.5 Å². The zero-order chi connectivity index (χ0) is 19.3. The number of Topliss-reactive ketones (excluding diaryl/α,β-unsaturated/α-hetero) is 2. The monoisotopic (exact) mass is 470 g/mol. The van der Waals surface area contributed by atoms with Crippen LogP contribution in [0.3, 0.4) is 0 Å². The van der Waals surface area contributed by atoms with Crippen molar-refractivity contribution in [1.29, 1.82) is 0 Å². The molecule has 4 aromatic rings. The van der Waals surface area contributed by atoms with Gasteiger partial charge in [0.15, 0.2) is 11.6 Å². The molecule has 5 heterocycles. The molecule has 4 aromatic heterocycles. The first-order valence-corrected chi connectivity index (χ1v) is 13.4. The van der Waals surface area contributed by atoms with Crippen molar-refractivity contribution >= 4 is 68.7 Å². The minimum absolute atomic E-state index is 0.0445. The van der Waals surface area contributed by atoms with Crippen LogP contribution >= 0.6 is 57.1 Å². The van der Waals surface area contributed by atoms with Crippen molar-refractivity contribution in [2.45, 2.75) is 10.5 Å². The first kappa shape index (κ1) is 17.1. The second kappa shape index (κ2) is 5.95. The molecule has 4 nitrogen and oxygen atoms in total. The summed E-state index contributed by atoms with van der Waals surface area (Å²) in [5, 5.41) is 5.97. The van der Waals surface area contributed by atoms with Crippen molar-refractivity contribution in [2.75, 3.05) is 0 Å². The molecule has 1 aliphatic heterocycles. The number of rotatable bonds is 2. The van der Waals surface area contributed by atoms with Crippen molar-refractivity contribution in [2.24, 2.45) is 11.8 Å². The largest absolute Gasteiger partial charge is 0.292 e. The molecule has 0 spiro atoms. The molecule has 9 heteroatoms. The van der Waals surface area contributed by atoms with E-state index in [9.17, 15) is 9.59 Å². The lowest BCUT2D eigenvalue weighted by Gasteiger charge is -2.13. The second-order valence-corrected chi connectivity index (χ2v) is 12.4. The Morgan fingerprint density at radius 1 is 0.724 bits per heavy atom. The summed E-state index contributed by atoms with van der Waals surface area (Å²) in [4.78, 5) is 40.1. The predicted octanol–water partition coefficient (Wildman–Crippen LogP) is 6.21. The Bertz CT molecular complexity index is 1200. The molecule has 1 saturated heterocycles. The van der Waals surface area contributed by atoms with E-state index in [1.807, 2.05) is 35.0 Å². The second-order valence-electron chi connectivity index (χ2n) is 7.18. The van der Waals surface area contributed by atoms with E-state index in [0.29, 0.717) is 11.4 Å². The van der Waals surface area contributed by atoms with Crippen LogP contribution in [0.4, 0.5) is 0 Å². The van der Waals surface area contributed by atoms with Gasteiger partial charge < -0.3 is 0 Å². The molecule has 1 fully saturated rings. The molecule has 4 atom stereocenters. The van der Waals surface area contributed by atoms with Crippen LogP contribution in [0, 0.1) is 11.8 Å². The number of nitrogens with zero attached hydrogens (tertiary/aromatic N) is 2. The summed E-state index contributed by atoms with van der Waals surface area (Å²) in [6.45, 7) is 0. The maximum Gasteiger partial charge on any atom is 0.187 e. The molecule has 29 heavy (non-hydrogen) atoms. The van der Waals surface area contributed by atoms with E-state index < -0.39 is 0 Å². The Balaban J connectivity index is 1.29. The van der Waals surface area contributed by atoms with Gasteiger partial charge in [-0.05, 0) is 22.9 Å². The lowest BCUT2D eigenvalue weighted by molar-refractivity contribution is 0.0799. The van der Waals surface area contributed by atoms with Crippen LogP contribution in [0.25, 0.3) is 19.8 Å². The topological polar surface area (TPSA) is 59.9 Å². The van der Waals surface area contributed by atoms with Crippen LogP contribution in [0.2, 0.25) is 0 Å². The maximum absolute atomic E-state index is 13.2. The molecule has 0 N–H and O–H groups in total. The summed E-state index contributed by atoms with van der Waals surface area (Å²) in [6, 6.07) is 8.08. The van der Waals surface area contributed by atoms with Gasteiger partial charge in [-0.15, -0.1) is 57.1 Å². The predicted molar refractivity (Wildman–Crippen MR) is 120 cm³/mol. The van der Waals surface area contributed by atoms with Crippen molar-refractivity contribution in [3.63, 3.8) is 0 Å². The summed E-state index contributed by atoms with van der Waals surface area (Å²) in [5.41, 5.74) is 1.18. The minimum atomic E-state index is -0.282. The van der Waals surface area contributed by atoms with E-state index in [-0.39, 0.29) is 33.9 Å². The zero-order valence-electron chi connectivity index (χ0n) is 14.5. The molecule has 0 bridgehead atoms. The number of carbonyl (C=O) groups is 2. The molecule has 0 saturated carbocycles. The molecule has 0 amide bonds. The number of aromatic nitrogens is 2. The van der Waals surface area contributed by atoms with Crippen LogP contribution in [0.5, 0.6) is 0 Å². The maximum atomic E-state index is 13.2. The van der Waals surface area contributed by atoms with Gasteiger partial charge in [-0.1, -0.05) is 12.1 Å². The summed E-state index contributed by atoms with van der Waals surface area (Å²) >= 11 is 8.29. The van der Waals surface area contributed by atoms with E-state index in [2.05, 4.69) is 9.97 Å². The fourth-order valence-corrected chi connectivity index (χ4v) is 10.6. The lowest BCUT2D eigenvalue weighted by atomic mass is 9.87. The molecule has 0 aromatic carbocycles. The highest BCUT2D eigenvalue weighted by molar-refractivity contribution is 8.00. The Kier molecular flexibility index (Phi) is 3.50. The fraction of sp³-hybridized carbons (Fsp3) is 0.200. The van der Waals surface area contributed by atoms with Gasteiger partial charge in [-0.3, -0.25) is 9.59 Å². The number of thiophene rings is 2. The molecular weight excluding hydrogens is 461 g/mol. The molecule has 142 valence electrons. The first-order chi connectivity index (χ1) is 14.2. The van der Waals surface area contributed by atoms with Crippen molar-refractivity contribution in [3.05, 3.63) is 56.2 Å². The summed E-state index contributed by atoms with van der Waals surface area (Å²) < 4.78 is 0. The van der Waals surface area contributed by atoms with Crippen LogP contribution in [-0.2, 0) is 0 Å². The van der Waals surface area contributed by atoms with Gasteiger partial charge in [0.2, 0.25) is 0 Å². The number of carbonyl (C=O) groups excluding carboxylic acids is 2. The number of fused-ring (bicyclic) bond motifs is 7. The number of hydrogen-bond donors (Lipinski definition) is 0. The van der Waals surface area contributed by atoms with Gasteiger partial charge in [0.1, 0.15) is 21.4 Å². The number of ketones is 2. The van der Waals surface area contributed by atoms with Gasteiger partial charge in [-0.2, -0.15) is 0 Å². The van der Waals surface area contributed by atoms with E-state index in [1.54, 1.807) is 57.1 Å². The van der Waals surface area contributed by atoms with E-state index in [4.69, 9.17) is 0 Å². The van der Waals surface area contributed by atoms with Gasteiger partial charge in [0.25, 0.3) is 0 Å². The van der Waals surface area contributed by atoms with Gasteiger partial charge in [0, 0.05) is 9.75 Å². The fourth-order valence-electron chi connectivity index (χ4n) is 4.48. The lowest BCUT2D eigenvalue weighted by Crippen LogP contribution is -2.24. The zero-order valence-corrected chi connectivity index (χ0v) is 18.6. The number of thioether (sulfide) groups is 1. The third-order valence-electron chi connectivity index (χ3n) is 5.69. The van der Waals surface area contributed by atoms with E-state index in [1.165, 1.54) is 0 Å². The Morgan fingerprint density at radius 2 is 1.21 bits per heavy atom. The Hall–Kier alpha value is -1.65. The minimum Gasteiger partial charge on any atom is -0.292 e. The molecule has 4 unspecified atom stereocenters. The van der Waals surface area contributed by atoms with Crippen LogP contribution < -0.4 is 0 Å².